The van der Waals surface area contributed by atoms with Crippen molar-refractivity contribution in [3.05, 3.63) is 66.2 Å². The minimum absolute atomic E-state index is 0.691. The molecule has 0 aliphatic rings. The predicted octanol–water partition coefficient (Wildman–Crippen LogP) is 4.40. The highest BCUT2D eigenvalue weighted by Gasteiger charge is 2.07. The SMILES string of the molecule is COc1ccccc1Nc1ccc(C=O)c2ccccc12. The number of hydrogen-bond donors (Lipinski definition) is 1. The number of benzene rings is 3. The first-order valence-corrected chi connectivity index (χ1v) is 6.70. The molecule has 0 amide bonds. The molecule has 0 spiro atoms. The largest absolute Gasteiger partial charge is 0.495 e. The summed E-state index contributed by atoms with van der Waals surface area (Å²) in [7, 11) is 1.65. The fraction of sp³-hybridized carbons (Fsp3) is 0.0556. The van der Waals surface area contributed by atoms with Crippen LogP contribution in [0.1, 0.15) is 10.4 Å². The molecular formula is C18H15NO2. The summed E-state index contributed by atoms with van der Waals surface area (Å²) in [6.07, 6.45) is 0.884. The maximum absolute atomic E-state index is 11.2. The Labute approximate surface area is 123 Å². The zero-order chi connectivity index (χ0) is 14.7. The number of hydrogen-bond acceptors (Lipinski definition) is 3. The average molecular weight is 277 g/mol. The zero-order valence-electron chi connectivity index (χ0n) is 11.7. The van der Waals surface area contributed by atoms with Crippen molar-refractivity contribution in [3.63, 3.8) is 0 Å². The Morgan fingerprint density at radius 2 is 1.57 bits per heavy atom. The Hall–Kier alpha value is -2.81. The third-order valence-corrected chi connectivity index (χ3v) is 3.46. The van der Waals surface area contributed by atoms with Crippen molar-refractivity contribution < 1.29 is 9.53 Å². The minimum Gasteiger partial charge on any atom is -0.495 e. The van der Waals surface area contributed by atoms with Crippen LogP contribution in [0, 0.1) is 0 Å². The Balaban J connectivity index is 2.11. The molecule has 0 bridgehead atoms. The number of rotatable bonds is 4. The van der Waals surface area contributed by atoms with Gasteiger partial charge in [0.15, 0.2) is 6.29 Å². The van der Waals surface area contributed by atoms with Gasteiger partial charge in [-0.25, -0.2) is 0 Å². The lowest BCUT2D eigenvalue weighted by molar-refractivity contribution is 0.112. The second-order valence-electron chi connectivity index (χ2n) is 4.69. The lowest BCUT2D eigenvalue weighted by atomic mass is 10.0. The highest BCUT2D eigenvalue weighted by molar-refractivity contribution is 6.04. The van der Waals surface area contributed by atoms with Gasteiger partial charge in [-0.2, -0.15) is 0 Å². The Morgan fingerprint density at radius 3 is 2.33 bits per heavy atom. The van der Waals surface area contributed by atoms with E-state index in [9.17, 15) is 4.79 Å². The first-order valence-electron chi connectivity index (χ1n) is 6.70. The van der Waals surface area contributed by atoms with Crippen molar-refractivity contribution in [2.24, 2.45) is 0 Å². The quantitative estimate of drug-likeness (QED) is 0.718. The van der Waals surface area contributed by atoms with Crippen LogP contribution in [0.4, 0.5) is 11.4 Å². The Bertz CT molecular complexity index is 796. The number of ether oxygens (including phenoxy) is 1. The normalized spacial score (nSPS) is 10.3. The molecule has 21 heavy (non-hydrogen) atoms. The third-order valence-electron chi connectivity index (χ3n) is 3.46. The van der Waals surface area contributed by atoms with Gasteiger partial charge in [0.05, 0.1) is 12.8 Å². The van der Waals surface area contributed by atoms with Crippen LogP contribution in [0.25, 0.3) is 10.8 Å². The van der Waals surface area contributed by atoms with Crippen molar-refractivity contribution >= 4 is 28.4 Å². The van der Waals surface area contributed by atoms with Gasteiger partial charge < -0.3 is 10.1 Å². The van der Waals surface area contributed by atoms with E-state index in [4.69, 9.17) is 4.74 Å². The van der Waals surface area contributed by atoms with Gasteiger partial charge in [-0.15, -0.1) is 0 Å². The summed E-state index contributed by atoms with van der Waals surface area (Å²) in [4.78, 5) is 11.2. The molecule has 3 aromatic rings. The van der Waals surface area contributed by atoms with Gasteiger partial charge in [0.2, 0.25) is 0 Å². The predicted molar refractivity (Wildman–Crippen MR) is 85.6 cm³/mol. The van der Waals surface area contributed by atoms with Gasteiger partial charge in [-0.05, 0) is 29.7 Å². The summed E-state index contributed by atoms with van der Waals surface area (Å²) < 4.78 is 5.36. The van der Waals surface area contributed by atoms with Gasteiger partial charge in [-0.3, -0.25) is 4.79 Å². The summed E-state index contributed by atoms with van der Waals surface area (Å²) in [5.74, 6) is 0.779. The molecule has 0 aliphatic carbocycles. The monoisotopic (exact) mass is 277 g/mol. The summed E-state index contributed by atoms with van der Waals surface area (Å²) in [5, 5.41) is 5.32. The van der Waals surface area contributed by atoms with Crippen molar-refractivity contribution in [2.75, 3.05) is 12.4 Å². The number of para-hydroxylation sites is 2. The zero-order valence-corrected chi connectivity index (χ0v) is 11.7. The third kappa shape index (κ3) is 2.46. The summed E-state index contributed by atoms with van der Waals surface area (Å²) >= 11 is 0. The Morgan fingerprint density at radius 1 is 0.857 bits per heavy atom. The number of carbonyl (C=O) groups excluding carboxylic acids is 1. The number of methoxy groups -OCH3 is 1. The molecule has 0 fully saturated rings. The van der Waals surface area contributed by atoms with Gasteiger partial charge in [0.25, 0.3) is 0 Å². The summed E-state index contributed by atoms with van der Waals surface area (Å²) in [6.45, 7) is 0. The molecule has 0 saturated carbocycles. The molecule has 3 aromatic carbocycles. The molecule has 0 unspecified atom stereocenters. The standard InChI is InChI=1S/C18H15NO2/c1-21-18-9-5-4-8-17(18)19-16-11-10-13(12-20)14-6-2-3-7-15(14)16/h2-12,19H,1H3. The van der Waals surface area contributed by atoms with Crippen LogP contribution in [0.15, 0.2) is 60.7 Å². The molecule has 3 heteroatoms. The van der Waals surface area contributed by atoms with E-state index in [1.807, 2.05) is 60.7 Å². The maximum Gasteiger partial charge on any atom is 0.150 e. The Kier molecular flexibility index (Phi) is 3.56. The van der Waals surface area contributed by atoms with Crippen molar-refractivity contribution in [2.45, 2.75) is 0 Å². The fourth-order valence-electron chi connectivity index (χ4n) is 2.43. The van der Waals surface area contributed by atoms with E-state index in [1.165, 1.54) is 0 Å². The van der Waals surface area contributed by atoms with E-state index >= 15 is 0 Å². The van der Waals surface area contributed by atoms with Crippen molar-refractivity contribution in [1.82, 2.24) is 0 Å². The molecular weight excluding hydrogens is 262 g/mol. The van der Waals surface area contributed by atoms with Crippen LogP contribution >= 0.6 is 0 Å². The molecule has 0 heterocycles. The molecule has 0 atom stereocenters. The van der Waals surface area contributed by atoms with Crippen LogP contribution in [-0.4, -0.2) is 13.4 Å². The topological polar surface area (TPSA) is 38.3 Å². The van der Waals surface area contributed by atoms with Gasteiger partial charge in [0, 0.05) is 16.6 Å². The molecule has 0 radical (unpaired) electrons. The van der Waals surface area contributed by atoms with E-state index in [1.54, 1.807) is 7.11 Å². The molecule has 0 aliphatic heterocycles. The van der Waals surface area contributed by atoms with Crippen LogP contribution < -0.4 is 10.1 Å². The average Bonchev–Trinajstić information content (AvgIpc) is 2.55. The minimum atomic E-state index is 0.691. The smallest absolute Gasteiger partial charge is 0.150 e. The highest BCUT2D eigenvalue weighted by atomic mass is 16.5. The maximum atomic E-state index is 11.2. The number of carbonyl (C=O) groups is 1. The van der Waals surface area contributed by atoms with Crippen LogP contribution in [-0.2, 0) is 0 Å². The molecule has 3 rings (SSSR count). The second kappa shape index (κ2) is 5.67. The lowest BCUT2D eigenvalue weighted by Gasteiger charge is -2.13. The fourth-order valence-corrected chi connectivity index (χ4v) is 2.43. The van der Waals surface area contributed by atoms with Crippen molar-refractivity contribution in [3.8, 4) is 5.75 Å². The van der Waals surface area contributed by atoms with Crippen LogP contribution in [0.5, 0.6) is 5.75 Å². The van der Waals surface area contributed by atoms with Gasteiger partial charge in [0.1, 0.15) is 5.75 Å². The van der Waals surface area contributed by atoms with Crippen LogP contribution in [0.2, 0.25) is 0 Å². The van der Waals surface area contributed by atoms with E-state index in [0.717, 1.165) is 34.2 Å². The van der Waals surface area contributed by atoms with Crippen molar-refractivity contribution in [1.29, 1.82) is 0 Å². The number of anilines is 2. The van der Waals surface area contributed by atoms with E-state index in [-0.39, 0.29) is 0 Å². The molecule has 3 nitrogen and oxygen atoms in total. The lowest BCUT2D eigenvalue weighted by Crippen LogP contribution is -1.96. The summed E-state index contributed by atoms with van der Waals surface area (Å²) in [6, 6.07) is 19.3. The van der Waals surface area contributed by atoms with E-state index in [0.29, 0.717) is 5.56 Å². The summed E-state index contributed by atoms with van der Waals surface area (Å²) in [5.41, 5.74) is 2.53. The van der Waals surface area contributed by atoms with Crippen LogP contribution in [0.3, 0.4) is 0 Å². The van der Waals surface area contributed by atoms with E-state index in [2.05, 4.69) is 5.32 Å². The number of nitrogens with one attached hydrogen (secondary N) is 1. The van der Waals surface area contributed by atoms with Gasteiger partial charge >= 0.3 is 0 Å². The molecule has 0 aromatic heterocycles. The molecule has 0 saturated heterocycles. The van der Waals surface area contributed by atoms with Gasteiger partial charge in [-0.1, -0.05) is 36.4 Å². The first-order chi connectivity index (χ1) is 10.3. The number of aldehydes is 1. The first kappa shape index (κ1) is 13.2. The molecule has 104 valence electrons. The molecule has 1 N–H and O–H groups in total. The second-order valence-corrected chi connectivity index (χ2v) is 4.69. The van der Waals surface area contributed by atoms with E-state index < -0.39 is 0 Å². The highest BCUT2D eigenvalue weighted by Crippen LogP contribution is 2.32. The number of fused-ring (bicyclic) bond motifs is 1.